The maximum Gasteiger partial charge on any atom is 0.421 e. The van der Waals surface area contributed by atoms with Crippen molar-refractivity contribution in [2.45, 2.75) is 43.8 Å². The van der Waals surface area contributed by atoms with E-state index in [1.54, 1.807) is 0 Å². The third kappa shape index (κ3) is 5.10. The van der Waals surface area contributed by atoms with Crippen molar-refractivity contribution in [3.8, 4) is 0 Å². The number of aromatic nitrogens is 4. The first-order valence-corrected chi connectivity index (χ1v) is 8.64. The Balaban J connectivity index is 1.54. The van der Waals surface area contributed by atoms with Gasteiger partial charge in [-0.15, -0.1) is 0 Å². The lowest BCUT2D eigenvalue weighted by molar-refractivity contribution is -0.142. The number of hydrogen-bond acceptors (Lipinski definition) is 5. The van der Waals surface area contributed by atoms with Gasteiger partial charge in [-0.05, 0) is 12.8 Å². The van der Waals surface area contributed by atoms with E-state index in [0.29, 0.717) is 28.3 Å². The summed E-state index contributed by atoms with van der Waals surface area (Å²) in [5.41, 5.74) is -2.65. The summed E-state index contributed by atoms with van der Waals surface area (Å²) in [4.78, 5) is 23.6. The van der Waals surface area contributed by atoms with Gasteiger partial charge in [-0.25, -0.2) is 4.68 Å². The predicted octanol–water partition coefficient (Wildman–Crippen LogP) is 1.93. The molecular formula is C16H16F6N6O2. The summed E-state index contributed by atoms with van der Waals surface area (Å²) in [6.07, 6.45) is -6.58. The minimum Gasteiger partial charge on any atom is -0.366 e. The second kappa shape index (κ2) is 7.65. The van der Waals surface area contributed by atoms with E-state index in [1.165, 1.54) is 0 Å². The van der Waals surface area contributed by atoms with Crippen LogP contribution >= 0.6 is 0 Å². The molecule has 0 bridgehead atoms. The number of carbonyl (C=O) groups is 1. The summed E-state index contributed by atoms with van der Waals surface area (Å²) in [6.45, 7) is -1.32. The van der Waals surface area contributed by atoms with Crippen LogP contribution in [0.2, 0.25) is 0 Å². The molecule has 1 fully saturated rings. The van der Waals surface area contributed by atoms with Crippen molar-refractivity contribution < 1.29 is 31.1 Å². The number of rotatable bonds is 5. The summed E-state index contributed by atoms with van der Waals surface area (Å²) >= 11 is 0. The highest BCUT2D eigenvalue weighted by atomic mass is 19.4. The van der Waals surface area contributed by atoms with Crippen molar-refractivity contribution in [2.75, 3.05) is 5.32 Å². The van der Waals surface area contributed by atoms with Crippen molar-refractivity contribution in [3.05, 3.63) is 39.9 Å². The Bertz CT molecular complexity index is 989. The number of alkyl halides is 6. The Morgan fingerprint density at radius 1 is 1.20 bits per heavy atom. The SMILES string of the molecule is Cn1nc(NC2CC(NC(=O)c3cnn(CC(F)(F)F)c3)C2)cc(C(F)(F)F)c1=O. The van der Waals surface area contributed by atoms with Gasteiger partial charge in [0.05, 0.1) is 11.8 Å². The highest BCUT2D eigenvalue weighted by Crippen LogP contribution is 2.29. The molecule has 1 saturated carbocycles. The van der Waals surface area contributed by atoms with Gasteiger partial charge in [0, 0.05) is 31.4 Å². The van der Waals surface area contributed by atoms with Crippen LogP contribution in [0, 0.1) is 0 Å². The van der Waals surface area contributed by atoms with Crippen molar-refractivity contribution in [1.29, 1.82) is 0 Å². The van der Waals surface area contributed by atoms with Crippen LogP contribution in [0.1, 0.15) is 28.8 Å². The van der Waals surface area contributed by atoms with Gasteiger partial charge in [-0.3, -0.25) is 14.3 Å². The fourth-order valence-electron chi connectivity index (χ4n) is 2.96. The molecule has 1 amide bonds. The molecule has 1 aliphatic rings. The molecule has 0 aliphatic heterocycles. The Labute approximate surface area is 164 Å². The van der Waals surface area contributed by atoms with Gasteiger partial charge < -0.3 is 10.6 Å². The number of nitrogens with zero attached hydrogens (tertiary/aromatic N) is 4. The van der Waals surface area contributed by atoms with Gasteiger partial charge in [0.25, 0.3) is 11.5 Å². The summed E-state index contributed by atoms with van der Waals surface area (Å²) < 4.78 is 76.9. The van der Waals surface area contributed by atoms with Gasteiger partial charge in [-0.2, -0.15) is 36.5 Å². The Morgan fingerprint density at radius 2 is 1.87 bits per heavy atom. The highest BCUT2D eigenvalue weighted by Gasteiger charge is 2.36. The molecule has 2 N–H and O–H groups in total. The van der Waals surface area contributed by atoms with Gasteiger partial charge in [0.15, 0.2) is 0 Å². The standard InChI is InChI=1S/C16H16F6N6O2/c1-27-14(30)11(16(20,21)22)4-12(26-27)24-9-2-10(3-9)25-13(29)8-5-23-28(6-8)7-15(17,18)19/h4-6,9-10H,2-3,7H2,1H3,(H,24,26)(H,25,29). The summed E-state index contributed by atoms with van der Waals surface area (Å²) in [7, 11) is 1.10. The number of halogens is 6. The predicted molar refractivity (Wildman–Crippen MR) is 90.7 cm³/mol. The molecule has 0 radical (unpaired) electrons. The van der Waals surface area contributed by atoms with Crippen LogP contribution in [0.25, 0.3) is 0 Å². The topological polar surface area (TPSA) is 93.8 Å². The molecule has 0 unspecified atom stereocenters. The first-order valence-electron chi connectivity index (χ1n) is 8.64. The lowest BCUT2D eigenvalue weighted by Gasteiger charge is -2.36. The number of aryl methyl sites for hydroxylation is 1. The fraction of sp³-hybridized carbons (Fsp3) is 0.500. The Morgan fingerprint density at radius 3 is 2.47 bits per heavy atom. The van der Waals surface area contributed by atoms with Crippen LogP contribution in [-0.4, -0.2) is 43.7 Å². The van der Waals surface area contributed by atoms with Crippen LogP contribution in [0.3, 0.4) is 0 Å². The molecule has 0 spiro atoms. The van der Waals surface area contributed by atoms with Gasteiger partial charge in [-0.1, -0.05) is 0 Å². The number of amides is 1. The van der Waals surface area contributed by atoms with E-state index in [9.17, 15) is 35.9 Å². The van der Waals surface area contributed by atoms with Crippen LogP contribution in [-0.2, 0) is 19.8 Å². The molecule has 14 heteroatoms. The largest absolute Gasteiger partial charge is 0.421 e. The minimum absolute atomic E-state index is 0.0368. The molecule has 30 heavy (non-hydrogen) atoms. The maximum absolute atomic E-state index is 12.9. The third-order valence-electron chi connectivity index (χ3n) is 4.43. The number of carbonyl (C=O) groups excluding carboxylic acids is 1. The maximum atomic E-state index is 12.9. The number of hydrogen-bond donors (Lipinski definition) is 2. The van der Waals surface area contributed by atoms with E-state index >= 15 is 0 Å². The molecule has 0 atom stereocenters. The molecule has 2 aromatic rings. The smallest absolute Gasteiger partial charge is 0.366 e. The van der Waals surface area contributed by atoms with Crippen molar-refractivity contribution in [3.63, 3.8) is 0 Å². The Hall–Kier alpha value is -3.06. The van der Waals surface area contributed by atoms with E-state index in [4.69, 9.17) is 0 Å². The molecule has 0 saturated heterocycles. The van der Waals surface area contributed by atoms with Crippen LogP contribution in [0.4, 0.5) is 32.2 Å². The van der Waals surface area contributed by atoms with E-state index in [0.717, 1.165) is 19.4 Å². The Kier molecular flexibility index (Phi) is 5.52. The summed E-state index contributed by atoms with van der Waals surface area (Å²) in [6, 6.07) is 0.00781. The molecular weight excluding hydrogens is 422 g/mol. The second-order valence-electron chi connectivity index (χ2n) is 6.89. The number of nitrogens with one attached hydrogen (secondary N) is 2. The quantitative estimate of drug-likeness (QED) is 0.696. The normalized spacial score (nSPS) is 19.3. The first-order chi connectivity index (χ1) is 13.8. The molecule has 164 valence electrons. The first kappa shape index (κ1) is 21.6. The molecule has 8 nitrogen and oxygen atoms in total. The number of anilines is 1. The molecule has 1 aliphatic carbocycles. The average Bonchev–Trinajstić information content (AvgIpc) is 3.01. The van der Waals surface area contributed by atoms with Gasteiger partial charge in [0.1, 0.15) is 17.9 Å². The minimum atomic E-state index is -4.82. The van der Waals surface area contributed by atoms with Crippen LogP contribution in [0.15, 0.2) is 23.3 Å². The fourth-order valence-corrected chi connectivity index (χ4v) is 2.96. The van der Waals surface area contributed by atoms with E-state index in [2.05, 4.69) is 20.8 Å². The third-order valence-corrected chi connectivity index (χ3v) is 4.43. The molecule has 0 aromatic carbocycles. The monoisotopic (exact) mass is 438 g/mol. The molecule has 3 rings (SSSR count). The van der Waals surface area contributed by atoms with Crippen molar-refractivity contribution in [2.24, 2.45) is 7.05 Å². The van der Waals surface area contributed by atoms with Crippen molar-refractivity contribution >= 4 is 11.7 Å². The van der Waals surface area contributed by atoms with E-state index in [1.807, 2.05) is 0 Å². The zero-order chi connectivity index (χ0) is 22.3. The average molecular weight is 438 g/mol. The van der Waals surface area contributed by atoms with E-state index in [-0.39, 0.29) is 23.5 Å². The molecule has 2 heterocycles. The second-order valence-corrected chi connectivity index (χ2v) is 6.89. The van der Waals surface area contributed by atoms with Crippen molar-refractivity contribution in [1.82, 2.24) is 24.9 Å². The zero-order valence-electron chi connectivity index (χ0n) is 15.4. The van der Waals surface area contributed by atoms with Gasteiger partial charge in [0.2, 0.25) is 0 Å². The zero-order valence-corrected chi connectivity index (χ0v) is 15.4. The van der Waals surface area contributed by atoms with Crippen LogP contribution in [0.5, 0.6) is 0 Å². The molecule has 2 aromatic heterocycles. The van der Waals surface area contributed by atoms with E-state index < -0.39 is 35.9 Å². The van der Waals surface area contributed by atoms with Crippen LogP contribution < -0.4 is 16.2 Å². The van der Waals surface area contributed by atoms with Gasteiger partial charge >= 0.3 is 12.4 Å². The summed E-state index contributed by atoms with van der Waals surface area (Å²) in [5, 5.41) is 12.6. The lowest BCUT2D eigenvalue weighted by atomic mass is 9.86. The highest BCUT2D eigenvalue weighted by molar-refractivity contribution is 5.93. The lowest BCUT2D eigenvalue weighted by Crippen LogP contribution is -2.50. The summed E-state index contributed by atoms with van der Waals surface area (Å²) in [5.74, 6) is -0.737.